The molecule has 2 aromatic heterocycles. The highest BCUT2D eigenvalue weighted by Gasteiger charge is 2.20. The minimum absolute atomic E-state index is 0.230. The molecular formula is C14H11N3O2S. The summed E-state index contributed by atoms with van der Waals surface area (Å²) >= 11 is 0. The number of benzene rings is 1. The second-order valence-electron chi connectivity index (χ2n) is 4.10. The summed E-state index contributed by atoms with van der Waals surface area (Å²) in [7, 11) is -3.64. The molecule has 0 fully saturated rings. The van der Waals surface area contributed by atoms with E-state index in [4.69, 9.17) is 0 Å². The maximum Gasteiger partial charge on any atom is 0.269 e. The van der Waals surface area contributed by atoms with Gasteiger partial charge in [0.1, 0.15) is 0 Å². The lowest BCUT2D eigenvalue weighted by Crippen LogP contribution is -2.13. The van der Waals surface area contributed by atoms with Crippen LogP contribution in [0.25, 0.3) is 11.4 Å². The number of nitrogens with zero attached hydrogens (tertiary/aromatic N) is 3. The van der Waals surface area contributed by atoms with Crippen molar-refractivity contribution in [2.45, 2.75) is 4.90 Å². The summed E-state index contributed by atoms with van der Waals surface area (Å²) in [6.07, 6.45) is 6.11. The molecule has 6 heteroatoms. The molecule has 0 bridgehead atoms. The third kappa shape index (κ3) is 2.10. The van der Waals surface area contributed by atoms with Crippen LogP contribution in [0, 0.1) is 0 Å². The van der Waals surface area contributed by atoms with Gasteiger partial charge in [0.2, 0.25) is 0 Å². The Hall–Kier alpha value is -2.47. The van der Waals surface area contributed by atoms with E-state index < -0.39 is 10.0 Å². The van der Waals surface area contributed by atoms with Crippen molar-refractivity contribution < 1.29 is 8.42 Å². The Balaban J connectivity index is 2.16. The maximum atomic E-state index is 12.6. The summed E-state index contributed by atoms with van der Waals surface area (Å²) in [6.45, 7) is 0. The van der Waals surface area contributed by atoms with Gasteiger partial charge in [-0.25, -0.2) is 17.4 Å². The van der Waals surface area contributed by atoms with Crippen molar-refractivity contribution in [1.29, 1.82) is 0 Å². The first-order valence-corrected chi connectivity index (χ1v) is 7.38. The van der Waals surface area contributed by atoms with Gasteiger partial charge in [-0.05, 0) is 24.3 Å². The highest BCUT2D eigenvalue weighted by Crippen LogP contribution is 2.21. The highest BCUT2D eigenvalue weighted by atomic mass is 32.2. The third-order valence-electron chi connectivity index (χ3n) is 2.85. The summed E-state index contributed by atoms with van der Waals surface area (Å²) in [4.78, 5) is 8.28. The van der Waals surface area contributed by atoms with E-state index in [0.717, 1.165) is 0 Å². The van der Waals surface area contributed by atoms with Gasteiger partial charge in [0.05, 0.1) is 4.90 Å². The molecule has 3 aromatic rings. The average Bonchev–Trinajstić information content (AvgIpc) is 2.99. The number of pyridine rings is 1. The van der Waals surface area contributed by atoms with Gasteiger partial charge < -0.3 is 0 Å². The van der Waals surface area contributed by atoms with Crippen LogP contribution in [0.3, 0.4) is 0 Å². The lowest BCUT2D eigenvalue weighted by Gasteiger charge is -2.09. The van der Waals surface area contributed by atoms with Gasteiger partial charge in [0.15, 0.2) is 5.82 Å². The zero-order valence-corrected chi connectivity index (χ0v) is 11.2. The Morgan fingerprint density at radius 2 is 1.60 bits per heavy atom. The van der Waals surface area contributed by atoms with E-state index in [1.165, 1.54) is 16.4 Å². The van der Waals surface area contributed by atoms with Gasteiger partial charge >= 0.3 is 0 Å². The fourth-order valence-electron chi connectivity index (χ4n) is 1.89. The summed E-state index contributed by atoms with van der Waals surface area (Å²) in [6, 6.07) is 11.7. The van der Waals surface area contributed by atoms with Crippen molar-refractivity contribution in [1.82, 2.24) is 13.9 Å². The molecule has 0 aliphatic rings. The van der Waals surface area contributed by atoms with Crippen LogP contribution in [0.5, 0.6) is 0 Å². The molecule has 1 aromatic carbocycles. The first-order chi connectivity index (χ1) is 9.69. The predicted molar refractivity (Wildman–Crippen MR) is 74.5 cm³/mol. The number of imidazole rings is 1. The molecule has 0 aliphatic carbocycles. The van der Waals surface area contributed by atoms with Crippen LogP contribution < -0.4 is 0 Å². The predicted octanol–water partition coefficient (Wildman–Crippen LogP) is 2.18. The van der Waals surface area contributed by atoms with Crippen LogP contribution in [-0.2, 0) is 10.0 Å². The largest absolute Gasteiger partial charge is 0.269 e. The maximum absolute atomic E-state index is 12.6. The molecule has 0 aliphatic heterocycles. The van der Waals surface area contributed by atoms with Gasteiger partial charge in [-0.2, -0.15) is 0 Å². The standard InChI is InChI=1S/C14H11N3O2S/c18-20(19,13-4-2-1-3-5-13)17-11-10-16-14(17)12-6-8-15-9-7-12/h1-11H. The van der Waals surface area contributed by atoms with E-state index in [9.17, 15) is 8.42 Å². The summed E-state index contributed by atoms with van der Waals surface area (Å²) in [5.74, 6) is 0.372. The van der Waals surface area contributed by atoms with Crippen LogP contribution in [0.1, 0.15) is 0 Å². The summed E-state index contributed by atoms with van der Waals surface area (Å²) in [5.41, 5.74) is 0.699. The molecule has 0 radical (unpaired) electrons. The molecule has 20 heavy (non-hydrogen) atoms. The number of aromatic nitrogens is 3. The molecule has 0 N–H and O–H groups in total. The number of hydrogen-bond acceptors (Lipinski definition) is 4. The van der Waals surface area contributed by atoms with Crippen molar-refractivity contribution >= 4 is 10.0 Å². The van der Waals surface area contributed by atoms with E-state index >= 15 is 0 Å². The summed E-state index contributed by atoms with van der Waals surface area (Å²) < 4.78 is 26.4. The Kier molecular flexibility index (Phi) is 3.08. The molecule has 0 unspecified atom stereocenters. The molecule has 0 spiro atoms. The fourth-order valence-corrected chi connectivity index (χ4v) is 3.22. The minimum atomic E-state index is -3.64. The van der Waals surface area contributed by atoms with Crippen molar-refractivity contribution in [2.75, 3.05) is 0 Å². The highest BCUT2D eigenvalue weighted by molar-refractivity contribution is 7.90. The Morgan fingerprint density at radius 1 is 0.900 bits per heavy atom. The van der Waals surface area contributed by atoms with E-state index in [0.29, 0.717) is 11.4 Å². The minimum Gasteiger partial charge on any atom is -0.265 e. The van der Waals surface area contributed by atoms with Gasteiger partial charge in [0, 0.05) is 30.4 Å². The van der Waals surface area contributed by atoms with E-state index in [1.54, 1.807) is 54.9 Å². The zero-order valence-electron chi connectivity index (χ0n) is 10.4. The van der Waals surface area contributed by atoms with Gasteiger partial charge in [-0.15, -0.1) is 0 Å². The molecule has 0 saturated carbocycles. The molecule has 3 rings (SSSR count). The van der Waals surface area contributed by atoms with Crippen molar-refractivity contribution in [3.05, 3.63) is 67.3 Å². The summed E-state index contributed by atoms with van der Waals surface area (Å²) in [5, 5.41) is 0. The first-order valence-electron chi connectivity index (χ1n) is 5.94. The Labute approximate surface area is 116 Å². The lowest BCUT2D eigenvalue weighted by atomic mass is 10.3. The second kappa shape index (κ2) is 4.90. The van der Waals surface area contributed by atoms with Crippen LogP contribution in [0.2, 0.25) is 0 Å². The van der Waals surface area contributed by atoms with E-state index in [1.807, 2.05) is 0 Å². The lowest BCUT2D eigenvalue weighted by molar-refractivity contribution is 0.588. The SMILES string of the molecule is O=S(=O)(c1ccccc1)n1ccnc1-c1ccncc1. The van der Waals surface area contributed by atoms with Gasteiger partial charge in [0.25, 0.3) is 10.0 Å². The average molecular weight is 285 g/mol. The molecule has 100 valence electrons. The van der Waals surface area contributed by atoms with Crippen LogP contribution >= 0.6 is 0 Å². The Morgan fingerprint density at radius 3 is 2.30 bits per heavy atom. The van der Waals surface area contributed by atoms with Gasteiger partial charge in [-0.1, -0.05) is 18.2 Å². The van der Waals surface area contributed by atoms with Gasteiger partial charge in [-0.3, -0.25) is 4.98 Å². The van der Waals surface area contributed by atoms with Crippen molar-refractivity contribution in [3.63, 3.8) is 0 Å². The monoisotopic (exact) mass is 285 g/mol. The van der Waals surface area contributed by atoms with E-state index in [2.05, 4.69) is 9.97 Å². The van der Waals surface area contributed by atoms with E-state index in [-0.39, 0.29) is 4.90 Å². The molecule has 5 nitrogen and oxygen atoms in total. The molecule has 2 heterocycles. The van der Waals surface area contributed by atoms with Crippen LogP contribution in [0.4, 0.5) is 0 Å². The number of rotatable bonds is 3. The van der Waals surface area contributed by atoms with Crippen LogP contribution in [0.15, 0.2) is 72.1 Å². The molecule has 0 amide bonds. The zero-order chi connectivity index (χ0) is 14.0. The van der Waals surface area contributed by atoms with Crippen molar-refractivity contribution in [3.8, 4) is 11.4 Å². The molecule has 0 saturated heterocycles. The Bertz CT molecular complexity index is 812. The molecular weight excluding hydrogens is 274 g/mol. The van der Waals surface area contributed by atoms with Crippen LogP contribution in [-0.4, -0.2) is 22.4 Å². The fraction of sp³-hybridized carbons (Fsp3) is 0. The second-order valence-corrected chi connectivity index (χ2v) is 5.92. The normalized spacial score (nSPS) is 11.4. The quantitative estimate of drug-likeness (QED) is 0.740. The first kappa shape index (κ1) is 12.6. The number of hydrogen-bond donors (Lipinski definition) is 0. The molecule has 0 atom stereocenters. The smallest absolute Gasteiger partial charge is 0.265 e. The van der Waals surface area contributed by atoms with Crippen molar-refractivity contribution in [2.24, 2.45) is 0 Å². The third-order valence-corrected chi connectivity index (χ3v) is 4.53. The topological polar surface area (TPSA) is 64.8 Å².